The highest BCUT2D eigenvalue weighted by atomic mass is 16.2. The largest absolute Gasteiger partial charge is 0.343 e. The van der Waals surface area contributed by atoms with E-state index in [2.05, 4.69) is 13.8 Å². The van der Waals surface area contributed by atoms with Crippen molar-refractivity contribution in [3.05, 3.63) is 0 Å². The molecule has 0 atom stereocenters. The van der Waals surface area contributed by atoms with Crippen LogP contribution in [0, 0.1) is 11.3 Å². The Kier molecular flexibility index (Phi) is 6.45. The molecule has 0 unspecified atom stereocenters. The average Bonchev–Trinajstić information content (AvgIpc) is 3.12. The smallest absolute Gasteiger partial charge is 0.230 e. The summed E-state index contributed by atoms with van der Waals surface area (Å²) in [6.07, 6.45) is 6.44. The van der Waals surface area contributed by atoms with Crippen molar-refractivity contribution < 1.29 is 9.59 Å². The topological polar surface area (TPSA) is 66.6 Å². The van der Waals surface area contributed by atoms with Gasteiger partial charge in [0.15, 0.2) is 0 Å². The van der Waals surface area contributed by atoms with Crippen LogP contribution in [0.25, 0.3) is 0 Å². The number of hydrogen-bond acceptors (Lipinski definition) is 3. The van der Waals surface area contributed by atoms with Crippen LogP contribution in [0.1, 0.15) is 58.8 Å². The Balaban J connectivity index is 1.83. The molecule has 5 nitrogen and oxygen atoms in total. The molecule has 2 N–H and O–H groups in total. The predicted molar refractivity (Wildman–Crippen MR) is 91.8 cm³/mol. The summed E-state index contributed by atoms with van der Waals surface area (Å²) in [5.74, 6) is 0.961. The third kappa shape index (κ3) is 4.06. The Hall–Kier alpha value is -1.10. The summed E-state index contributed by atoms with van der Waals surface area (Å²) in [7, 11) is 0. The monoisotopic (exact) mass is 323 g/mol. The summed E-state index contributed by atoms with van der Waals surface area (Å²) < 4.78 is 0. The summed E-state index contributed by atoms with van der Waals surface area (Å²) in [5.41, 5.74) is 5.51. The molecular weight excluding hydrogens is 290 g/mol. The molecule has 0 aliphatic carbocycles. The number of hydrogen-bond donors (Lipinski definition) is 1. The number of amides is 2. The second kappa shape index (κ2) is 8.13. The van der Waals surface area contributed by atoms with Gasteiger partial charge in [0, 0.05) is 39.1 Å². The van der Waals surface area contributed by atoms with Crippen molar-refractivity contribution in [2.75, 3.05) is 32.7 Å². The summed E-state index contributed by atoms with van der Waals surface area (Å²) >= 11 is 0. The Morgan fingerprint density at radius 2 is 1.57 bits per heavy atom. The summed E-state index contributed by atoms with van der Waals surface area (Å²) in [6.45, 7) is 7.94. The summed E-state index contributed by atoms with van der Waals surface area (Å²) in [4.78, 5) is 29.1. The molecule has 0 spiro atoms. The van der Waals surface area contributed by atoms with Crippen molar-refractivity contribution in [3.63, 3.8) is 0 Å². The number of carbonyl (C=O) groups is 2. The fourth-order valence-electron chi connectivity index (χ4n) is 3.95. The first-order valence-electron chi connectivity index (χ1n) is 9.33. The van der Waals surface area contributed by atoms with E-state index < -0.39 is 5.41 Å². The Bertz CT molecular complexity index is 398. The van der Waals surface area contributed by atoms with Gasteiger partial charge in [-0.05, 0) is 44.4 Å². The van der Waals surface area contributed by atoms with E-state index >= 15 is 0 Å². The first-order valence-corrected chi connectivity index (χ1v) is 9.33. The molecule has 2 amide bonds. The van der Waals surface area contributed by atoms with Crippen molar-refractivity contribution in [3.8, 4) is 0 Å². The fraction of sp³-hybridized carbons (Fsp3) is 0.889. The Morgan fingerprint density at radius 1 is 1.00 bits per heavy atom. The minimum Gasteiger partial charge on any atom is -0.343 e. The maximum Gasteiger partial charge on any atom is 0.230 e. The van der Waals surface area contributed by atoms with Gasteiger partial charge in [-0.25, -0.2) is 0 Å². The highest BCUT2D eigenvalue weighted by Crippen LogP contribution is 2.31. The molecule has 0 aromatic carbocycles. The van der Waals surface area contributed by atoms with E-state index in [9.17, 15) is 9.59 Å². The van der Waals surface area contributed by atoms with Gasteiger partial charge in [0.05, 0.1) is 5.41 Å². The van der Waals surface area contributed by atoms with Gasteiger partial charge < -0.3 is 15.5 Å². The van der Waals surface area contributed by atoms with Crippen molar-refractivity contribution in [2.45, 2.75) is 58.8 Å². The molecule has 0 bridgehead atoms. The van der Waals surface area contributed by atoms with Crippen LogP contribution >= 0.6 is 0 Å². The fourth-order valence-corrected chi connectivity index (χ4v) is 3.95. The zero-order valence-corrected chi connectivity index (χ0v) is 14.9. The van der Waals surface area contributed by atoms with Crippen LogP contribution in [0.15, 0.2) is 0 Å². The Labute approximate surface area is 140 Å². The predicted octanol–water partition coefficient (Wildman–Crippen LogP) is 2.00. The molecule has 2 heterocycles. The van der Waals surface area contributed by atoms with Gasteiger partial charge in [0.1, 0.15) is 0 Å². The molecule has 0 radical (unpaired) electrons. The van der Waals surface area contributed by atoms with Crippen molar-refractivity contribution >= 4 is 11.8 Å². The molecule has 2 rings (SSSR count). The van der Waals surface area contributed by atoms with E-state index in [-0.39, 0.29) is 5.91 Å². The molecule has 2 aliphatic rings. The van der Waals surface area contributed by atoms with Crippen LogP contribution in [0.5, 0.6) is 0 Å². The quantitative estimate of drug-likeness (QED) is 0.813. The van der Waals surface area contributed by atoms with Crippen LogP contribution in [0.3, 0.4) is 0 Å². The molecule has 2 saturated heterocycles. The number of nitrogens with zero attached hydrogens (tertiary/aromatic N) is 2. The maximum absolute atomic E-state index is 12.8. The van der Waals surface area contributed by atoms with E-state index in [0.717, 1.165) is 64.7 Å². The molecule has 2 aliphatic heterocycles. The zero-order valence-electron chi connectivity index (χ0n) is 14.9. The van der Waals surface area contributed by atoms with E-state index in [4.69, 9.17) is 5.73 Å². The van der Waals surface area contributed by atoms with Gasteiger partial charge in [0.2, 0.25) is 11.8 Å². The summed E-state index contributed by atoms with van der Waals surface area (Å²) in [5, 5.41) is 0. The second-order valence-corrected chi connectivity index (χ2v) is 7.22. The Morgan fingerprint density at radius 3 is 2.04 bits per heavy atom. The van der Waals surface area contributed by atoms with Gasteiger partial charge in [0.25, 0.3) is 0 Å². The van der Waals surface area contributed by atoms with Gasteiger partial charge >= 0.3 is 0 Å². The number of rotatable bonds is 6. The third-order valence-electron chi connectivity index (χ3n) is 6.02. The molecule has 0 saturated carbocycles. The summed E-state index contributed by atoms with van der Waals surface area (Å²) in [6, 6.07) is 0. The molecule has 5 heteroatoms. The SMILES string of the molecule is CCC(CC)(CN)C(=O)N1CCC(CC(=O)N2CCCC2)CC1. The van der Waals surface area contributed by atoms with E-state index in [1.165, 1.54) is 0 Å². The van der Waals surface area contributed by atoms with Gasteiger partial charge in [-0.3, -0.25) is 9.59 Å². The van der Waals surface area contributed by atoms with Crippen molar-refractivity contribution in [1.29, 1.82) is 0 Å². The lowest BCUT2D eigenvalue weighted by molar-refractivity contribution is -0.143. The zero-order chi connectivity index (χ0) is 16.9. The van der Waals surface area contributed by atoms with Gasteiger partial charge in [-0.2, -0.15) is 0 Å². The standard InChI is InChI=1S/C18H33N3O2/c1-3-18(4-2,14-19)17(23)21-11-7-15(8-12-21)13-16(22)20-9-5-6-10-20/h15H,3-14,19H2,1-2H3. The highest BCUT2D eigenvalue weighted by Gasteiger charge is 2.38. The maximum atomic E-state index is 12.8. The van der Waals surface area contributed by atoms with E-state index in [0.29, 0.717) is 24.8 Å². The van der Waals surface area contributed by atoms with Crippen LogP contribution in [0.4, 0.5) is 0 Å². The number of piperidine rings is 1. The number of nitrogens with two attached hydrogens (primary N) is 1. The minimum atomic E-state index is -0.391. The first-order chi connectivity index (χ1) is 11.1. The van der Waals surface area contributed by atoms with Crippen molar-refractivity contribution in [1.82, 2.24) is 9.80 Å². The molecule has 2 fully saturated rings. The van der Waals surface area contributed by atoms with E-state index in [1.54, 1.807) is 0 Å². The molecule has 0 aromatic rings. The van der Waals surface area contributed by atoms with Gasteiger partial charge in [-0.1, -0.05) is 13.8 Å². The third-order valence-corrected chi connectivity index (χ3v) is 6.02. The van der Waals surface area contributed by atoms with Crippen LogP contribution in [-0.2, 0) is 9.59 Å². The second-order valence-electron chi connectivity index (χ2n) is 7.22. The minimum absolute atomic E-state index is 0.217. The van der Waals surface area contributed by atoms with Crippen LogP contribution < -0.4 is 5.73 Å². The molecule has 0 aromatic heterocycles. The lowest BCUT2D eigenvalue weighted by Crippen LogP contribution is -2.50. The molecular formula is C18H33N3O2. The molecule has 132 valence electrons. The number of likely N-dealkylation sites (tertiary alicyclic amines) is 2. The average molecular weight is 323 g/mol. The van der Waals surface area contributed by atoms with E-state index in [1.807, 2.05) is 9.80 Å². The lowest BCUT2D eigenvalue weighted by atomic mass is 9.80. The van der Waals surface area contributed by atoms with Crippen molar-refractivity contribution in [2.24, 2.45) is 17.1 Å². The molecule has 23 heavy (non-hydrogen) atoms. The first kappa shape index (κ1) is 18.2. The normalized spacial score (nSPS) is 20.1. The lowest BCUT2D eigenvalue weighted by Gasteiger charge is -2.39. The highest BCUT2D eigenvalue weighted by molar-refractivity contribution is 5.83. The number of carbonyl (C=O) groups excluding carboxylic acids is 2. The van der Waals surface area contributed by atoms with Crippen LogP contribution in [-0.4, -0.2) is 54.3 Å². The van der Waals surface area contributed by atoms with Gasteiger partial charge in [-0.15, -0.1) is 0 Å². The van der Waals surface area contributed by atoms with Crippen LogP contribution in [0.2, 0.25) is 0 Å².